The summed E-state index contributed by atoms with van der Waals surface area (Å²) in [4.78, 5) is 31.2. The molecule has 3 heterocycles. The van der Waals surface area contributed by atoms with Crippen LogP contribution in [0.2, 0.25) is 0 Å². The second-order valence-electron chi connectivity index (χ2n) is 7.86. The third kappa shape index (κ3) is 5.87. The molecule has 33 heavy (non-hydrogen) atoms. The van der Waals surface area contributed by atoms with Crippen molar-refractivity contribution >= 4 is 28.8 Å². The maximum Gasteiger partial charge on any atom is 0.261 e. The van der Waals surface area contributed by atoms with Crippen LogP contribution in [-0.4, -0.2) is 37.1 Å². The van der Waals surface area contributed by atoms with Crippen LogP contribution in [0.4, 0.5) is 5.69 Å². The number of anilines is 1. The van der Waals surface area contributed by atoms with Gasteiger partial charge in [-0.1, -0.05) is 6.07 Å². The molecule has 0 atom stereocenters. The number of thiophene rings is 1. The second kappa shape index (κ2) is 10.7. The number of oxazole rings is 1. The van der Waals surface area contributed by atoms with Gasteiger partial charge < -0.3 is 24.5 Å². The molecular weight excluding hydrogens is 442 g/mol. The molecule has 1 aliphatic rings. The zero-order valence-corrected chi connectivity index (χ0v) is 19.5. The fourth-order valence-corrected chi connectivity index (χ4v) is 4.52. The monoisotopic (exact) mass is 469 g/mol. The van der Waals surface area contributed by atoms with Crippen LogP contribution in [0.25, 0.3) is 11.5 Å². The van der Waals surface area contributed by atoms with Crippen molar-refractivity contribution in [2.45, 2.75) is 32.9 Å². The van der Waals surface area contributed by atoms with E-state index in [1.54, 1.807) is 13.2 Å². The van der Waals surface area contributed by atoms with Gasteiger partial charge in [0, 0.05) is 42.4 Å². The van der Waals surface area contributed by atoms with Gasteiger partial charge in [-0.3, -0.25) is 9.59 Å². The predicted octanol–water partition coefficient (Wildman–Crippen LogP) is 4.15. The molecule has 1 saturated heterocycles. The average Bonchev–Trinajstić information content (AvgIpc) is 3.45. The molecule has 3 aromatic rings. The van der Waals surface area contributed by atoms with E-state index >= 15 is 0 Å². The molecule has 2 N–H and O–H groups in total. The number of nitrogens with one attached hydrogen (secondary N) is 2. The van der Waals surface area contributed by atoms with Crippen LogP contribution < -0.4 is 10.6 Å². The molecule has 9 heteroatoms. The Morgan fingerprint density at radius 1 is 1.21 bits per heavy atom. The largest absolute Gasteiger partial charge is 0.441 e. The maximum absolute atomic E-state index is 12.5. The van der Waals surface area contributed by atoms with E-state index < -0.39 is 0 Å². The van der Waals surface area contributed by atoms with Gasteiger partial charge >= 0.3 is 0 Å². The Hall–Kier alpha value is -3.01. The Bertz CT molecular complexity index is 1120. The number of benzene rings is 1. The predicted molar refractivity (Wildman–Crippen MR) is 125 cm³/mol. The zero-order chi connectivity index (χ0) is 23.2. The Morgan fingerprint density at radius 2 is 2.03 bits per heavy atom. The number of carbonyl (C=O) groups is 2. The van der Waals surface area contributed by atoms with E-state index in [4.69, 9.17) is 13.9 Å². The molecule has 1 aromatic carbocycles. The van der Waals surface area contributed by atoms with Crippen molar-refractivity contribution in [1.82, 2.24) is 10.3 Å². The fourth-order valence-electron chi connectivity index (χ4n) is 3.62. The van der Waals surface area contributed by atoms with Crippen LogP contribution in [0.1, 0.15) is 38.8 Å². The summed E-state index contributed by atoms with van der Waals surface area (Å²) in [5.41, 5.74) is 2.10. The zero-order valence-electron chi connectivity index (χ0n) is 18.7. The lowest BCUT2D eigenvalue weighted by atomic mass is 9.99. The van der Waals surface area contributed by atoms with Gasteiger partial charge in [-0.25, -0.2) is 4.98 Å². The molecule has 1 fully saturated rings. The van der Waals surface area contributed by atoms with Crippen LogP contribution >= 0.6 is 11.3 Å². The minimum Gasteiger partial charge on any atom is -0.441 e. The second-order valence-corrected chi connectivity index (χ2v) is 9.03. The van der Waals surface area contributed by atoms with E-state index in [1.165, 1.54) is 11.3 Å². The first-order chi connectivity index (χ1) is 16.0. The number of hydrogen-bond acceptors (Lipinski definition) is 7. The van der Waals surface area contributed by atoms with E-state index in [1.807, 2.05) is 37.3 Å². The maximum atomic E-state index is 12.5. The molecule has 0 saturated carbocycles. The molecule has 0 bridgehead atoms. The quantitative estimate of drug-likeness (QED) is 0.514. The number of nitrogens with zero attached hydrogens (tertiary/aromatic N) is 1. The van der Waals surface area contributed by atoms with Gasteiger partial charge in [-0.05, 0) is 50.1 Å². The molecule has 4 rings (SSSR count). The summed E-state index contributed by atoms with van der Waals surface area (Å²) in [5.74, 6) is 0.884. The van der Waals surface area contributed by atoms with Crippen molar-refractivity contribution in [3.8, 4) is 11.5 Å². The first-order valence-electron chi connectivity index (χ1n) is 10.8. The standard InChI is InChI=1S/C24H27N3O5S/c1-15-20(13-25-23(29)21-7-6-19(33-21)14-30-2)27-24(32-15)17-4-3-5-18(12-17)26-22(28)16-8-10-31-11-9-16/h3-7,12,16H,8-11,13-14H2,1-2H3,(H,25,29)(H,26,28). The van der Waals surface area contributed by atoms with Gasteiger partial charge in [-0.15, -0.1) is 11.3 Å². The summed E-state index contributed by atoms with van der Waals surface area (Å²) in [6.45, 7) is 3.79. The van der Waals surface area contributed by atoms with Gasteiger partial charge in [0.25, 0.3) is 5.91 Å². The number of rotatable bonds is 8. The fraction of sp³-hybridized carbons (Fsp3) is 0.375. The Morgan fingerprint density at radius 3 is 2.82 bits per heavy atom. The van der Waals surface area contributed by atoms with Crippen molar-refractivity contribution in [3.63, 3.8) is 0 Å². The first kappa shape index (κ1) is 23.2. The van der Waals surface area contributed by atoms with Gasteiger partial charge in [0.1, 0.15) is 11.5 Å². The smallest absolute Gasteiger partial charge is 0.261 e. The highest BCUT2D eigenvalue weighted by atomic mass is 32.1. The summed E-state index contributed by atoms with van der Waals surface area (Å²) in [6, 6.07) is 11.1. The summed E-state index contributed by atoms with van der Waals surface area (Å²) in [6.07, 6.45) is 1.47. The highest BCUT2D eigenvalue weighted by Gasteiger charge is 2.22. The molecule has 174 valence electrons. The van der Waals surface area contributed by atoms with Crippen LogP contribution in [0.15, 0.2) is 40.8 Å². The molecular formula is C24H27N3O5S. The number of hydrogen-bond donors (Lipinski definition) is 2. The van der Waals surface area contributed by atoms with Crippen LogP contribution in [0, 0.1) is 12.8 Å². The van der Waals surface area contributed by atoms with Gasteiger partial charge in [0.2, 0.25) is 11.8 Å². The highest BCUT2D eigenvalue weighted by Crippen LogP contribution is 2.26. The van der Waals surface area contributed by atoms with Crippen molar-refractivity contribution in [3.05, 3.63) is 57.6 Å². The summed E-state index contributed by atoms with van der Waals surface area (Å²) >= 11 is 1.40. The molecule has 2 amide bonds. The van der Waals surface area contributed by atoms with Crippen LogP contribution in [0.5, 0.6) is 0 Å². The molecule has 8 nitrogen and oxygen atoms in total. The number of aromatic nitrogens is 1. The van der Waals surface area contributed by atoms with Crippen molar-refractivity contribution in [1.29, 1.82) is 0 Å². The highest BCUT2D eigenvalue weighted by molar-refractivity contribution is 7.14. The molecule has 0 aliphatic carbocycles. The van der Waals surface area contributed by atoms with Gasteiger partial charge in [0.05, 0.1) is 18.0 Å². The third-order valence-corrected chi connectivity index (χ3v) is 6.51. The molecule has 0 spiro atoms. The van der Waals surface area contributed by atoms with E-state index in [0.717, 1.165) is 23.3 Å². The SMILES string of the molecule is COCc1ccc(C(=O)NCc2nc(-c3cccc(NC(=O)C4CCOCC4)c3)oc2C)s1. The molecule has 0 radical (unpaired) electrons. The topological polar surface area (TPSA) is 103 Å². The minimum absolute atomic E-state index is 0.00432. The molecule has 1 aliphatic heterocycles. The minimum atomic E-state index is -0.163. The molecule has 0 unspecified atom stereocenters. The van der Waals surface area contributed by atoms with Gasteiger partial charge in [-0.2, -0.15) is 0 Å². The normalized spacial score (nSPS) is 14.2. The number of methoxy groups -OCH3 is 1. The van der Waals surface area contributed by atoms with Crippen molar-refractivity contribution in [2.75, 3.05) is 25.6 Å². The summed E-state index contributed by atoms with van der Waals surface area (Å²) in [5, 5.41) is 5.87. The number of carbonyl (C=O) groups excluding carboxylic acids is 2. The number of amides is 2. The van der Waals surface area contributed by atoms with E-state index in [9.17, 15) is 9.59 Å². The lowest BCUT2D eigenvalue weighted by molar-refractivity contribution is -0.122. The summed E-state index contributed by atoms with van der Waals surface area (Å²) < 4.78 is 16.3. The van der Waals surface area contributed by atoms with Crippen molar-refractivity contribution in [2.24, 2.45) is 5.92 Å². The number of ether oxygens (including phenoxy) is 2. The van der Waals surface area contributed by atoms with Crippen LogP contribution in [0.3, 0.4) is 0 Å². The third-order valence-electron chi connectivity index (χ3n) is 5.45. The lowest BCUT2D eigenvalue weighted by Crippen LogP contribution is -2.28. The lowest BCUT2D eigenvalue weighted by Gasteiger charge is -2.21. The summed E-state index contributed by atoms with van der Waals surface area (Å²) in [7, 11) is 1.63. The van der Waals surface area contributed by atoms with Crippen molar-refractivity contribution < 1.29 is 23.5 Å². The Labute approximate surface area is 196 Å². The first-order valence-corrected chi connectivity index (χ1v) is 11.7. The van der Waals surface area contributed by atoms with Gasteiger partial charge in [0.15, 0.2) is 0 Å². The Kier molecular flexibility index (Phi) is 7.54. The molecule has 2 aromatic heterocycles. The average molecular weight is 470 g/mol. The van der Waals surface area contributed by atoms with E-state index in [2.05, 4.69) is 15.6 Å². The van der Waals surface area contributed by atoms with Crippen LogP contribution in [-0.2, 0) is 27.4 Å². The number of aryl methyl sites for hydroxylation is 1. The van der Waals surface area contributed by atoms with E-state index in [0.29, 0.717) is 47.7 Å². The Balaban J connectivity index is 1.39. The van der Waals surface area contributed by atoms with E-state index in [-0.39, 0.29) is 24.3 Å².